The maximum absolute atomic E-state index is 12.2. The number of rotatable bonds is 5. The summed E-state index contributed by atoms with van der Waals surface area (Å²) in [6, 6.07) is 12.9. The molecule has 0 radical (unpaired) electrons. The van der Waals surface area contributed by atoms with Gasteiger partial charge in [-0.2, -0.15) is 0 Å². The average molecular weight is 370 g/mol. The number of ether oxygens (including phenoxy) is 3. The van der Waals surface area contributed by atoms with Gasteiger partial charge >= 0.3 is 11.8 Å². The molecule has 0 bridgehead atoms. The number of hydrogen-bond acceptors (Lipinski definition) is 5. The molecule has 0 saturated heterocycles. The summed E-state index contributed by atoms with van der Waals surface area (Å²) in [5.74, 6) is -0.524. The second-order valence-electron chi connectivity index (χ2n) is 6.04. The van der Waals surface area contributed by atoms with Crippen LogP contribution in [0.1, 0.15) is 17.2 Å². The van der Waals surface area contributed by atoms with Crippen molar-refractivity contribution in [2.75, 3.05) is 32.7 Å². The minimum atomic E-state index is -0.775. The number of methoxy groups -OCH3 is 2. The van der Waals surface area contributed by atoms with Gasteiger partial charge in [0.25, 0.3) is 0 Å². The van der Waals surface area contributed by atoms with Crippen molar-refractivity contribution >= 4 is 17.5 Å². The zero-order valence-corrected chi connectivity index (χ0v) is 15.3. The van der Waals surface area contributed by atoms with Crippen LogP contribution in [0.4, 0.5) is 5.69 Å². The van der Waals surface area contributed by atoms with E-state index < -0.39 is 11.8 Å². The van der Waals surface area contributed by atoms with Crippen LogP contribution in [0.3, 0.4) is 0 Å². The van der Waals surface area contributed by atoms with Gasteiger partial charge in [-0.3, -0.25) is 9.59 Å². The fourth-order valence-corrected chi connectivity index (χ4v) is 2.99. The van der Waals surface area contributed by atoms with E-state index in [1.165, 1.54) is 19.8 Å². The summed E-state index contributed by atoms with van der Waals surface area (Å²) in [6.45, 7) is 0.815. The van der Waals surface area contributed by atoms with Crippen LogP contribution in [-0.2, 0) is 20.7 Å². The number of amides is 2. The zero-order chi connectivity index (χ0) is 19.2. The number of fused-ring (bicyclic) bond motifs is 1. The highest BCUT2D eigenvalue weighted by Crippen LogP contribution is 2.29. The largest absolute Gasteiger partial charge is 0.497 e. The number of anilines is 1. The molecule has 1 atom stereocenters. The van der Waals surface area contributed by atoms with Crippen molar-refractivity contribution in [3.8, 4) is 11.5 Å². The standard InChI is InChI=1S/C20H22N2O5/c1-25-14-7-8-16(17(11-14)26-2)22-20(24)19(23)21-12-18-15-6-4-3-5-13(15)9-10-27-18/h3-8,11,18H,9-10,12H2,1-2H3,(H,21,23)(H,22,24)/t18-/m0/s1. The summed E-state index contributed by atoms with van der Waals surface area (Å²) in [5, 5.41) is 5.18. The van der Waals surface area contributed by atoms with Gasteiger partial charge in [0.05, 0.1) is 26.5 Å². The van der Waals surface area contributed by atoms with E-state index in [2.05, 4.69) is 16.7 Å². The van der Waals surface area contributed by atoms with E-state index in [9.17, 15) is 9.59 Å². The van der Waals surface area contributed by atoms with Crippen LogP contribution in [-0.4, -0.2) is 39.2 Å². The summed E-state index contributed by atoms with van der Waals surface area (Å²) in [4.78, 5) is 24.4. The topological polar surface area (TPSA) is 85.9 Å². The van der Waals surface area contributed by atoms with E-state index in [-0.39, 0.29) is 12.6 Å². The molecule has 2 aromatic carbocycles. The molecule has 7 heteroatoms. The third kappa shape index (κ3) is 4.38. The monoisotopic (exact) mass is 370 g/mol. The molecule has 1 aliphatic heterocycles. The number of carbonyl (C=O) groups is 2. The van der Waals surface area contributed by atoms with Crippen LogP contribution in [0.15, 0.2) is 42.5 Å². The van der Waals surface area contributed by atoms with Gasteiger partial charge in [0.1, 0.15) is 17.6 Å². The molecule has 0 fully saturated rings. The summed E-state index contributed by atoms with van der Waals surface area (Å²) in [7, 11) is 3.01. The van der Waals surface area contributed by atoms with Crippen molar-refractivity contribution in [2.45, 2.75) is 12.5 Å². The highest BCUT2D eigenvalue weighted by atomic mass is 16.5. The molecule has 0 aliphatic carbocycles. The lowest BCUT2D eigenvalue weighted by Gasteiger charge is -2.26. The highest BCUT2D eigenvalue weighted by molar-refractivity contribution is 6.39. The molecule has 0 spiro atoms. The van der Waals surface area contributed by atoms with Gasteiger partial charge in [0, 0.05) is 12.6 Å². The van der Waals surface area contributed by atoms with E-state index in [1.807, 2.05) is 18.2 Å². The molecule has 0 saturated carbocycles. The van der Waals surface area contributed by atoms with Crippen molar-refractivity contribution in [3.05, 3.63) is 53.6 Å². The quantitative estimate of drug-likeness (QED) is 0.787. The van der Waals surface area contributed by atoms with Crippen LogP contribution in [0.5, 0.6) is 11.5 Å². The highest BCUT2D eigenvalue weighted by Gasteiger charge is 2.23. The van der Waals surface area contributed by atoms with Crippen molar-refractivity contribution in [1.29, 1.82) is 0 Å². The molecular weight excluding hydrogens is 348 g/mol. The molecule has 0 aromatic heterocycles. The second-order valence-corrected chi connectivity index (χ2v) is 6.04. The van der Waals surface area contributed by atoms with Crippen molar-refractivity contribution < 1.29 is 23.8 Å². The molecule has 2 amide bonds. The lowest BCUT2D eigenvalue weighted by atomic mass is 9.97. The summed E-state index contributed by atoms with van der Waals surface area (Å²) in [6.07, 6.45) is 0.584. The van der Waals surface area contributed by atoms with Gasteiger partial charge in [-0.05, 0) is 29.7 Å². The van der Waals surface area contributed by atoms with Crippen LogP contribution >= 0.6 is 0 Å². The van der Waals surface area contributed by atoms with Crippen molar-refractivity contribution in [2.24, 2.45) is 0 Å². The molecule has 0 unspecified atom stereocenters. The Morgan fingerprint density at radius 2 is 1.93 bits per heavy atom. The van der Waals surface area contributed by atoms with Crippen LogP contribution in [0.25, 0.3) is 0 Å². The summed E-state index contributed by atoms with van der Waals surface area (Å²) >= 11 is 0. The lowest BCUT2D eigenvalue weighted by Crippen LogP contribution is -2.39. The Kier molecular flexibility index (Phi) is 5.93. The first-order valence-corrected chi connectivity index (χ1v) is 8.63. The molecule has 27 heavy (non-hydrogen) atoms. The third-order valence-electron chi connectivity index (χ3n) is 4.40. The van der Waals surface area contributed by atoms with Crippen LogP contribution in [0.2, 0.25) is 0 Å². The third-order valence-corrected chi connectivity index (χ3v) is 4.40. The Bertz CT molecular complexity index is 837. The predicted molar refractivity (Wildman–Crippen MR) is 100 cm³/mol. The predicted octanol–water partition coefficient (Wildman–Crippen LogP) is 2.07. The number of hydrogen-bond donors (Lipinski definition) is 2. The molecule has 7 nitrogen and oxygen atoms in total. The van der Waals surface area contributed by atoms with E-state index in [0.717, 1.165) is 12.0 Å². The first-order valence-electron chi connectivity index (χ1n) is 8.63. The molecule has 142 valence electrons. The maximum atomic E-state index is 12.2. The van der Waals surface area contributed by atoms with Gasteiger partial charge in [-0.1, -0.05) is 24.3 Å². The van der Waals surface area contributed by atoms with Gasteiger partial charge < -0.3 is 24.8 Å². The Labute approximate surface area is 157 Å². The maximum Gasteiger partial charge on any atom is 0.313 e. The fraction of sp³-hybridized carbons (Fsp3) is 0.300. The van der Waals surface area contributed by atoms with E-state index >= 15 is 0 Å². The minimum absolute atomic E-state index is 0.225. The van der Waals surface area contributed by atoms with Gasteiger partial charge in [-0.25, -0.2) is 0 Å². The first-order chi connectivity index (χ1) is 13.1. The summed E-state index contributed by atoms with van der Waals surface area (Å²) < 4.78 is 16.1. The van der Waals surface area contributed by atoms with Crippen LogP contribution in [0, 0.1) is 0 Å². The fourth-order valence-electron chi connectivity index (χ4n) is 2.99. The molecule has 1 aliphatic rings. The Balaban J connectivity index is 1.60. The van der Waals surface area contributed by atoms with E-state index in [1.54, 1.807) is 18.2 Å². The smallest absolute Gasteiger partial charge is 0.313 e. The van der Waals surface area contributed by atoms with Gasteiger partial charge in [-0.15, -0.1) is 0 Å². The van der Waals surface area contributed by atoms with Crippen molar-refractivity contribution in [3.63, 3.8) is 0 Å². The summed E-state index contributed by atoms with van der Waals surface area (Å²) in [5.41, 5.74) is 2.63. The number of nitrogens with one attached hydrogen (secondary N) is 2. The normalized spacial score (nSPS) is 15.4. The van der Waals surface area contributed by atoms with Crippen LogP contribution < -0.4 is 20.1 Å². The molecule has 2 N–H and O–H groups in total. The Morgan fingerprint density at radius 3 is 2.70 bits per heavy atom. The van der Waals surface area contributed by atoms with Gasteiger partial charge in [0.2, 0.25) is 0 Å². The Hall–Kier alpha value is -3.06. The first kappa shape index (κ1) is 18.7. The number of benzene rings is 2. The average Bonchev–Trinajstić information content (AvgIpc) is 2.72. The van der Waals surface area contributed by atoms with Gasteiger partial charge in [0.15, 0.2) is 0 Å². The minimum Gasteiger partial charge on any atom is -0.497 e. The zero-order valence-electron chi connectivity index (χ0n) is 15.3. The van der Waals surface area contributed by atoms with Crippen molar-refractivity contribution in [1.82, 2.24) is 5.32 Å². The molecule has 1 heterocycles. The lowest BCUT2D eigenvalue weighted by molar-refractivity contribution is -0.136. The van der Waals surface area contributed by atoms with E-state index in [4.69, 9.17) is 14.2 Å². The molecule has 3 rings (SSSR count). The molecule has 2 aromatic rings. The second kappa shape index (κ2) is 8.55. The Morgan fingerprint density at radius 1 is 1.11 bits per heavy atom. The SMILES string of the molecule is COc1ccc(NC(=O)C(=O)NC[C@@H]2OCCc3ccccc32)c(OC)c1. The molecular formula is C20H22N2O5. The number of carbonyl (C=O) groups excluding carboxylic acids is 2. The van der Waals surface area contributed by atoms with E-state index in [0.29, 0.717) is 23.8 Å².